The molecule has 16 nitrogen and oxygen atoms in total. The van der Waals surface area contributed by atoms with Crippen LogP contribution in [0.5, 0.6) is 0 Å². The maximum absolute atomic E-state index is 13.3. The van der Waals surface area contributed by atoms with Crippen molar-refractivity contribution in [2.45, 2.75) is 50.4 Å². The van der Waals surface area contributed by atoms with Gasteiger partial charge in [-0.3, -0.25) is 14.5 Å². The number of carbonyl (C=O) groups excluding carboxylic acids is 2. The zero-order valence-electron chi connectivity index (χ0n) is 23.3. The minimum Gasteiger partial charge on any atom is -0.478 e. The maximum Gasteiger partial charge on any atom is 0.352 e. The van der Waals surface area contributed by atoms with Crippen LogP contribution in [0.3, 0.4) is 0 Å². The van der Waals surface area contributed by atoms with Gasteiger partial charge < -0.3 is 42.5 Å². The fourth-order valence-corrected chi connectivity index (χ4v) is 7.27. The van der Waals surface area contributed by atoms with Crippen LogP contribution < -0.4 is 22.5 Å². The first-order valence-electron chi connectivity index (χ1n) is 12.9. The summed E-state index contributed by atoms with van der Waals surface area (Å²) in [5.74, 6) is -3.35. The highest BCUT2D eigenvalue weighted by Crippen LogP contribution is 2.41. The number of carboxylic acid groups (broad SMARTS) is 2. The molecule has 43 heavy (non-hydrogen) atoms. The molecule has 3 atom stereocenters. The predicted octanol–water partition coefficient (Wildman–Crippen LogP) is -0.0525. The van der Waals surface area contributed by atoms with Gasteiger partial charge in [-0.05, 0) is 31.9 Å². The lowest BCUT2D eigenvalue weighted by Gasteiger charge is -2.49. The molecule has 0 aliphatic carbocycles. The minimum atomic E-state index is -1.77. The number of hydrogen-bond acceptors (Lipinski definition) is 15. The molecule has 0 bridgehead atoms. The molecule has 1 aromatic rings. The molecule has 1 fully saturated rings. The second kappa shape index (κ2) is 12.8. The summed E-state index contributed by atoms with van der Waals surface area (Å²) in [6.45, 7) is 5.11. The van der Waals surface area contributed by atoms with Crippen molar-refractivity contribution in [2.24, 2.45) is 21.6 Å². The number of aliphatic imine (C=N–C) groups is 1. The molecule has 2 amide bonds. The SMILES string of the molecule is CCCN1C(SCC2=C(C(=O)O)N3C(=O)C(NC(=O)/C(=N\OC(C)(C)C(=O)O)c4csc(N)n4)[C@@H]3SC2)=NC(N)=CC1N. The number of nitrogens with zero attached hydrogens (tertiary/aromatic N) is 5. The average molecular weight is 654 g/mol. The van der Waals surface area contributed by atoms with Crippen LogP contribution in [0.1, 0.15) is 32.9 Å². The molecule has 3 aliphatic rings. The lowest BCUT2D eigenvalue weighted by molar-refractivity contribution is -0.161. The van der Waals surface area contributed by atoms with Crippen LogP contribution in [0.2, 0.25) is 0 Å². The number of aromatic nitrogens is 1. The number of carboxylic acids is 2. The highest BCUT2D eigenvalue weighted by Gasteiger charge is 2.54. The number of anilines is 1. The highest BCUT2D eigenvalue weighted by molar-refractivity contribution is 8.14. The molecule has 19 heteroatoms. The van der Waals surface area contributed by atoms with E-state index in [4.69, 9.17) is 22.0 Å². The third kappa shape index (κ3) is 6.73. The van der Waals surface area contributed by atoms with E-state index in [-0.39, 0.29) is 33.8 Å². The van der Waals surface area contributed by atoms with E-state index < -0.39 is 52.6 Å². The smallest absolute Gasteiger partial charge is 0.352 e. The Bertz CT molecular complexity index is 1460. The summed E-state index contributed by atoms with van der Waals surface area (Å²) in [6, 6.07) is -1.08. The van der Waals surface area contributed by atoms with E-state index in [2.05, 4.69) is 20.4 Å². The number of nitrogens with two attached hydrogens (primary N) is 3. The second-order valence-corrected chi connectivity index (χ2v) is 12.9. The van der Waals surface area contributed by atoms with Crippen LogP contribution in [0.15, 0.2) is 38.7 Å². The average Bonchev–Trinajstić information content (AvgIpc) is 3.36. The summed E-state index contributed by atoms with van der Waals surface area (Å²) in [4.78, 5) is 66.8. The van der Waals surface area contributed by atoms with Crippen LogP contribution >= 0.6 is 34.9 Å². The molecular formula is C24H31N9O7S3. The Morgan fingerprint density at radius 3 is 2.63 bits per heavy atom. The number of thioether (sulfide) groups is 2. The molecule has 232 valence electrons. The topological polar surface area (TPSA) is 252 Å². The third-order valence-corrected chi connectivity index (χ3v) is 9.50. The standard InChI is InChI=1S/C24H31N9O7S3/c1-4-5-32-13(26)6-12(25)29-23(32)43-8-10-7-41-19-15(18(35)33(19)16(10)20(36)37)30-17(34)14(11-9-42-22(27)28-11)31-40-24(2,3)21(38)39/h6,9,13,15,19H,4-5,7-8,25-26H2,1-3H3,(H2,27,28)(H,30,34)(H,36,37)(H,38,39)/b31-14-/t13?,15?,19-/m0/s1. The van der Waals surface area contributed by atoms with Crippen molar-refractivity contribution >= 4 is 74.6 Å². The first-order valence-corrected chi connectivity index (χ1v) is 15.8. The van der Waals surface area contributed by atoms with Crippen molar-refractivity contribution in [1.29, 1.82) is 0 Å². The second-order valence-electron chi connectivity index (χ2n) is 9.99. The van der Waals surface area contributed by atoms with Crippen LogP contribution in [0.25, 0.3) is 0 Å². The Kier molecular flexibility index (Phi) is 9.57. The van der Waals surface area contributed by atoms with Gasteiger partial charge in [0.05, 0.1) is 0 Å². The third-order valence-electron chi connectivity index (χ3n) is 6.41. The molecular weight excluding hydrogens is 623 g/mol. The fourth-order valence-electron chi connectivity index (χ4n) is 4.16. The molecule has 1 aromatic heterocycles. The molecule has 2 unspecified atom stereocenters. The first kappa shape index (κ1) is 32.1. The van der Waals surface area contributed by atoms with Crippen LogP contribution in [-0.2, 0) is 24.0 Å². The van der Waals surface area contributed by atoms with Gasteiger partial charge in [0, 0.05) is 23.4 Å². The van der Waals surface area contributed by atoms with Gasteiger partial charge in [0.2, 0.25) is 5.60 Å². The fraction of sp³-hybridized carbons (Fsp3) is 0.458. The van der Waals surface area contributed by atoms with Gasteiger partial charge in [-0.15, -0.1) is 23.1 Å². The Hall–Kier alpha value is -3.81. The number of amidine groups is 1. The molecule has 4 heterocycles. The number of fused-ring (bicyclic) bond motifs is 1. The molecule has 4 rings (SSSR count). The van der Waals surface area contributed by atoms with Crippen molar-refractivity contribution in [2.75, 3.05) is 23.8 Å². The summed E-state index contributed by atoms with van der Waals surface area (Å²) < 4.78 is 0. The summed E-state index contributed by atoms with van der Waals surface area (Å²) in [5.41, 5.74) is 16.0. The molecule has 1 saturated heterocycles. The van der Waals surface area contributed by atoms with Gasteiger partial charge in [0.15, 0.2) is 16.0 Å². The molecule has 9 N–H and O–H groups in total. The van der Waals surface area contributed by atoms with Gasteiger partial charge in [-0.2, -0.15) is 0 Å². The summed E-state index contributed by atoms with van der Waals surface area (Å²) in [5, 5.41) is 27.1. The molecule has 0 spiro atoms. The van der Waals surface area contributed by atoms with Crippen molar-refractivity contribution in [3.05, 3.63) is 34.2 Å². The molecule has 0 radical (unpaired) electrons. The van der Waals surface area contributed by atoms with Crippen LogP contribution in [0.4, 0.5) is 5.13 Å². The number of β-lactam (4-membered cyclic amide) rings is 1. The van der Waals surface area contributed by atoms with Crippen molar-refractivity contribution in [1.82, 2.24) is 20.1 Å². The van der Waals surface area contributed by atoms with Crippen molar-refractivity contribution in [3.8, 4) is 0 Å². The Morgan fingerprint density at radius 2 is 2.02 bits per heavy atom. The quantitative estimate of drug-likeness (QED) is 0.104. The normalized spacial score (nSPS) is 22.4. The van der Waals surface area contributed by atoms with Crippen LogP contribution in [0, 0.1) is 0 Å². The summed E-state index contributed by atoms with van der Waals surface area (Å²) in [6.07, 6.45) is 1.98. The number of carbonyl (C=O) groups is 4. The lowest BCUT2D eigenvalue weighted by atomic mass is 10.0. The van der Waals surface area contributed by atoms with E-state index in [0.29, 0.717) is 17.3 Å². The van der Waals surface area contributed by atoms with Gasteiger partial charge in [-0.25, -0.2) is 19.6 Å². The van der Waals surface area contributed by atoms with Gasteiger partial charge >= 0.3 is 11.9 Å². The van der Waals surface area contributed by atoms with Gasteiger partial charge in [0.25, 0.3) is 11.8 Å². The van der Waals surface area contributed by atoms with E-state index in [9.17, 15) is 29.4 Å². The zero-order chi connectivity index (χ0) is 31.6. The number of nitrogen functional groups attached to an aromatic ring is 1. The zero-order valence-corrected chi connectivity index (χ0v) is 25.8. The van der Waals surface area contributed by atoms with Crippen molar-refractivity contribution < 1.29 is 34.2 Å². The van der Waals surface area contributed by atoms with E-state index in [1.165, 1.54) is 42.8 Å². The molecule has 3 aliphatic heterocycles. The maximum atomic E-state index is 13.3. The minimum absolute atomic E-state index is 0.0180. The number of amides is 2. The Labute approximate surface area is 258 Å². The van der Waals surface area contributed by atoms with E-state index >= 15 is 0 Å². The lowest BCUT2D eigenvalue weighted by Crippen LogP contribution is -2.71. The van der Waals surface area contributed by atoms with E-state index in [1.807, 2.05) is 11.8 Å². The Balaban J connectivity index is 1.51. The summed E-state index contributed by atoms with van der Waals surface area (Å²) >= 11 is 3.59. The van der Waals surface area contributed by atoms with Crippen molar-refractivity contribution in [3.63, 3.8) is 0 Å². The number of aliphatic carboxylic acids is 2. The van der Waals surface area contributed by atoms with Crippen LogP contribution in [-0.4, -0.2) is 101 Å². The van der Waals surface area contributed by atoms with E-state index in [0.717, 1.165) is 22.7 Å². The predicted molar refractivity (Wildman–Crippen MR) is 163 cm³/mol. The number of thiazole rings is 1. The van der Waals surface area contributed by atoms with E-state index in [1.54, 1.807) is 6.08 Å². The molecule has 0 aromatic carbocycles. The number of oxime groups is 1. The Morgan fingerprint density at radius 1 is 1.30 bits per heavy atom. The number of hydrogen-bond donors (Lipinski definition) is 6. The number of rotatable bonds is 11. The van der Waals surface area contributed by atoms with Gasteiger partial charge in [0.1, 0.15) is 34.8 Å². The highest BCUT2D eigenvalue weighted by atomic mass is 32.2. The number of nitrogens with one attached hydrogen (secondary N) is 1. The molecule has 0 saturated carbocycles. The van der Waals surface area contributed by atoms with Gasteiger partial charge in [-0.1, -0.05) is 23.8 Å². The monoisotopic (exact) mass is 653 g/mol. The summed E-state index contributed by atoms with van der Waals surface area (Å²) in [7, 11) is 0. The first-order chi connectivity index (χ1) is 20.2. The largest absolute Gasteiger partial charge is 0.478 e.